The van der Waals surface area contributed by atoms with Crippen LogP contribution in [0.4, 0.5) is 0 Å². The van der Waals surface area contributed by atoms with Crippen molar-refractivity contribution in [2.45, 2.75) is 53.6 Å². The van der Waals surface area contributed by atoms with Crippen LogP contribution >= 0.6 is 11.6 Å². The highest BCUT2D eigenvalue weighted by Gasteiger charge is 2.21. The summed E-state index contributed by atoms with van der Waals surface area (Å²) in [5.41, 5.74) is 4.24. The molecule has 0 unspecified atom stereocenters. The molecule has 0 aliphatic heterocycles. The predicted molar refractivity (Wildman–Crippen MR) is 123 cm³/mol. The molecule has 0 spiro atoms. The Kier molecular flexibility index (Phi) is 7.99. The Morgan fingerprint density at radius 2 is 1.70 bits per heavy atom. The molecule has 2 aromatic carbocycles. The van der Waals surface area contributed by atoms with Crippen LogP contribution in [0.3, 0.4) is 0 Å². The van der Waals surface area contributed by atoms with E-state index in [-0.39, 0.29) is 12.4 Å². The van der Waals surface area contributed by atoms with Crippen molar-refractivity contribution in [3.05, 3.63) is 64.4 Å². The summed E-state index contributed by atoms with van der Waals surface area (Å²) in [7, 11) is 0. The minimum atomic E-state index is -0.500. The van der Waals surface area contributed by atoms with E-state index in [1.165, 1.54) is 0 Å². The second-order valence-electron chi connectivity index (χ2n) is 8.16. The molecule has 0 amide bonds. The smallest absolute Gasteiger partial charge is 0.361 e. The largest absolute Gasteiger partial charge is 0.466 e. The second kappa shape index (κ2) is 10.1. The van der Waals surface area contributed by atoms with E-state index < -0.39 is 5.60 Å². The number of aryl methyl sites for hydroxylation is 2. The molecular weight excluding hydrogens is 400 g/mol. The van der Waals surface area contributed by atoms with Gasteiger partial charge in [-0.25, -0.2) is 4.42 Å². The number of hydrogen-bond acceptors (Lipinski definition) is 3. The van der Waals surface area contributed by atoms with E-state index >= 15 is 0 Å². The number of hydrogen-bond donors (Lipinski definition) is 1. The van der Waals surface area contributed by atoms with E-state index in [4.69, 9.17) is 25.9 Å². The molecule has 1 heterocycles. The van der Waals surface area contributed by atoms with E-state index in [1.54, 1.807) is 20.8 Å². The van der Waals surface area contributed by atoms with Crippen molar-refractivity contribution in [3.63, 3.8) is 0 Å². The number of rotatable bonds is 4. The molecule has 30 heavy (non-hydrogen) atoms. The van der Waals surface area contributed by atoms with Crippen molar-refractivity contribution in [1.29, 1.82) is 0 Å². The van der Waals surface area contributed by atoms with Crippen molar-refractivity contribution >= 4 is 28.5 Å². The van der Waals surface area contributed by atoms with Crippen molar-refractivity contribution < 1.29 is 19.1 Å². The van der Waals surface area contributed by atoms with Crippen molar-refractivity contribution in [2.24, 2.45) is 0 Å². The summed E-state index contributed by atoms with van der Waals surface area (Å²) in [4.78, 5) is 12.1. The van der Waals surface area contributed by atoms with Crippen molar-refractivity contribution in [3.8, 4) is 11.1 Å². The number of halogens is 1. The number of esters is 1. The summed E-state index contributed by atoms with van der Waals surface area (Å²) in [5, 5.41) is 10.2. The Morgan fingerprint density at radius 3 is 2.27 bits per heavy atom. The average molecular weight is 430 g/mol. The lowest BCUT2D eigenvalue weighted by atomic mass is 9.90. The fourth-order valence-electron chi connectivity index (χ4n) is 3.03. The van der Waals surface area contributed by atoms with Crippen LogP contribution < -0.4 is 0 Å². The highest BCUT2D eigenvalue weighted by atomic mass is 35.5. The van der Waals surface area contributed by atoms with Crippen LogP contribution in [0.5, 0.6) is 0 Å². The molecule has 160 valence electrons. The lowest BCUT2D eigenvalue weighted by molar-refractivity contribution is -0.142. The fourth-order valence-corrected chi connectivity index (χ4v) is 3.16. The average Bonchev–Trinajstić information content (AvgIpc) is 2.62. The van der Waals surface area contributed by atoms with Gasteiger partial charge < -0.3 is 9.84 Å². The first-order chi connectivity index (χ1) is 14.0. The number of benzene rings is 2. The van der Waals surface area contributed by atoms with Crippen molar-refractivity contribution in [1.82, 2.24) is 0 Å². The normalized spacial score (nSPS) is 11.1. The van der Waals surface area contributed by atoms with E-state index in [0.717, 1.165) is 39.0 Å². The van der Waals surface area contributed by atoms with Gasteiger partial charge >= 0.3 is 17.3 Å². The Morgan fingerprint density at radius 1 is 1.10 bits per heavy atom. The van der Waals surface area contributed by atoms with E-state index in [2.05, 4.69) is 0 Å². The quantitative estimate of drug-likeness (QED) is 0.378. The molecule has 0 radical (unpaired) electrons. The Hall–Kier alpha value is -2.43. The number of ether oxygens (including phenoxy) is 1. The van der Waals surface area contributed by atoms with Crippen LogP contribution in [0.25, 0.3) is 22.1 Å². The molecule has 1 aromatic heterocycles. The maximum absolute atomic E-state index is 12.1. The van der Waals surface area contributed by atoms with Crippen LogP contribution in [-0.4, -0.2) is 23.3 Å². The molecule has 0 aliphatic carbocycles. The lowest BCUT2D eigenvalue weighted by Crippen LogP contribution is -2.10. The number of aliphatic hydroxyl groups is 1. The molecule has 5 heteroatoms. The second-order valence-corrected chi connectivity index (χ2v) is 8.60. The van der Waals surface area contributed by atoms with Crippen LogP contribution in [0.1, 0.15) is 44.6 Å². The maximum Gasteiger partial charge on any atom is 0.361 e. The van der Waals surface area contributed by atoms with Gasteiger partial charge in [0, 0.05) is 22.7 Å². The summed E-state index contributed by atoms with van der Waals surface area (Å²) in [6.45, 7) is 11.3. The zero-order valence-corrected chi connectivity index (χ0v) is 19.3. The van der Waals surface area contributed by atoms with E-state index in [9.17, 15) is 4.79 Å². The van der Waals surface area contributed by atoms with Gasteiger partial charge in [-0.05, 0) is 69.5 Å². The molecule has 3 rings (SSSR count). The molecule has 0 saturated heterocycles. The molecular formula is C25H30ClO4+. The van der Waals surface area contributed by atoms with Crippen LogP contribution in [0.2, 0.25) is 5.02 Å². The standard InChI is InChI=1S/C21H20ClO3.C4H10O/c1-4-24-20(23)12-18-13(2)11-19-17(10-5-14(3)25-19)21(18)15-6-8-16(22)9-7-15;1-4(2,3)5/h5-11H,4,12H2,1-3H3;5H,1-3H3/q+1;. The van der Waals surface area contributed by atoms with Crippen LogP contribution in [-0.2, 0) is 16.0 Å². The van der Waals surface area contributed by atoms with Gasteiger partial charge in [0.1, 0.15) is 0 Å². The summed E-state index contributed by atoms with van der Waals surface area (Å²) >= 11 is 6.04. The molecule has 3 aromatic rings. The van der Waals surface area contributed by atoms with Gasteiger partial charge in [-0.15, -0.1) is 0 Å². The zero-order valence-electron chi connectivity index (χ0n) is 18.5. The topological polar surface area (TPSA) is 57.8 Å². The van der Waals surface area contributed by atoms with Gasteiger partial charge in [-0.1, -0.05) is 23.7 Å². The SMILES string of the molecule is CC(C)(C)O.CCOC(=O)Cc1c(C)cc2[o+]c(C)ccc2c1-c1ccc(Cl)cc1. The number of fused-ring (bicyclic) bond motifs is 1. The van der Waals surface area contributed by atoms with Gasteiger partial charge in [-0.3, -0.25) is 4.79 Å². The van der Waals surface area contributed by atoms with Gasteiger partial charge in [0.15, 0.2) is 0 Å². The van der Waals surface area contributed by atoms with Gasteiger partial charge in [0.2, 0.25) is 0 Å². The Bertz CT molecular complexity index is 1010. The Labute approximate surface area is 183 Å². The van der Waals surface area contributed by atoms with Gasteiger partial charge in [0.25, 0.3) is 0 Å². The molecule has 1 N–H and O–H groups in total. The third kappa shape index (κ3) is 6.82. The zero-order chi connectivity index (χ0) is 22.5. The number of carbonyl (C=O) groups excluding carboxylic acids is 1. The first kappa shape index (κ1) is 23.8. The minimum Gasteiger partial charge on any atom is -0.466 e. The molecule has 0 bridgehead atoms. The number of carbonyl (C=O) groups is 1. The minimum absolute atomic E-state index is 0.224. The van der Waals surface area contributed by atoms with E-state index in [1.807, 2.05) is 63.2 Å². The van der Waals surface area contributed by atoms with E-state index in [0.29, 0.717) is 11.6 Å². The highest BCUT2D eigenvalue weighted by Crippen LogP contribution is 2.36. The summed E-state index contributed by atoms with van der Waals surface area (Å²) < 4.78 is 11.1. The summed E-state index contributed by atoms with van der Waals surface area (Å²) in [5.74, 6) is 0.608. The van der Waals surface area contributed by atoms with Crippen LogP contribution in [0, 0.1) is 13.8 Å². The highest BCUT2D eigenvalue weighted by molar-refractivity contribution is 6.30. The van der Waals surface area contributed by atoms with Gasteiger partial charge in [0.05, 0.1) is 30.9 Å². The van der Waals surface area contributed by atoms with Gasteiger partial charge in [-0.2, -0.15) is 0 Å². The summed E-state index contributed by atoms with van der Waals surface area (Å²) in [6, 6.07) is 13.6. The molecule has 0 atom stereocenters. The molecule has 0 saturated carbocycles. The lowest BCUT2D eigenvalue weighted by Gasteiger charge is -2.13. The first-order valence-corrected chi connectivity index (χ1v) is 10.4. The monoisotopic (exact) mass is 429 g/mol. The van der Waals surface area contributed by atoms with Crippen molar-refractivity contribution in [2.75, 3.05) is 6.61 Å². The maximum atomic E-state index is 12.1. The predicted octanol–water partition coefficient (Wildman–Crippen LogP) is 6.53. The third-order valence-electron chi connectivity index (χ3n) is 4.18. The molecule has 0 aliphatic rings. The summed E-state index contributed by atoms with van der Waals surface area (Å²) in [6.07, 6.45) is 0.224. The first-order valence-electron chi connectivity index (χ1n) is 9.99. The Balaban J connectivity index is 0.000000575. The third-order valence-corrected chi connectivity index (χ3v) is 4.43. The fraction of sp³-hybridized carbons (Fsp3) is 0.360. The molecule has 0 fully saturated rings. The van der Waals surface area contributed by atoms with Crippen LogP contribution in [0.15, 0.2) is 46.9 Å². The molecule has 4 nitrogen and oxygen atoms in total.